The number of amides is 1. The third-order valence-electron chi connectivity index (χ3n) is 5.44. The number of carbonyl (C=O) groups excluding carboxylic acids is 1. The van der Waals surface area contributed by atoms with Crippen molar-refractivity contribution in [2.24, 2.45) is 17.6 Å². The molecule has 3 aromatic heterocycles. The molecule has 1 aliphatic heterocycles. The van der Waals surface area contributed by atoms with Gasteiger partial charge in [0.15, 0.2) is 0 Å². The number of aliphatic carboxylic acids is 1. The summed E-state index contributed by atoms with van der Waals surface area (Å²) in [4.78, 5) is 36.5. The summed E-state index contributed by atoms with van der Waals surface area (Å²) in [6.45, 7) is 4.84. The number of anilines is 1. The lowest BCUT2D eigenvalue weighted by Gasteiger charge is -2.32. The minimum absolute atomic E-state index is 0.00926. The van der Waals surface area contributed by atoms with Crippen molar-refractivity contribution in [3.05, 3.63) is 46.4 Å². The van der Waals surface area contributed by atoms with E-state index in [1.165, 1.54) is 0 Å². The number of carboxylic acids is 1. The second-order valence-corrected chi connectivity index (χ2v) is 9.22. The molecule has 174 valence electrons. The fourth-order valence-electron chi connectivity index (χ4n) is 3.43. The van der Waals surface area contributed by atoms with Gasteiger partial charge in [0.2, 0.25) is 5.91 Å². The summed E-state index contributed by atoms with van der Waals surface area (Å²) in [6, 6.07) is 5.58. The van der Waals surface area contributed by atoms with Crippen LogP contribution in [0.4, 0.5) is 5.82 Å². The first-order chi connectivity index (χ1) is 15.7. The van der Waals surface area contributed by atoms with Crippen LogP contribution in [0.3, 0.4) is 0 Å². The second kappa shape index (κ2) is 10.9. The maximum absolute atomic E-state index is 11.3. The van der Waals surface area contributed by atoms with Gasteiger partial charge < -0.3 is 15.7 Å². The van der Waals surface area contributed by atoms with E-state index in [0.29, 0.717) is 31.1 Å². The maximum atomic E-state index is 11.3. The van der Waals surface area contributed by atoms with Gasteiger partial charge in [-0.1, -0.05) is 25.4 Å². The van der Waals surface area contributed by atoms with Crippen LogP contribution < -0.4 is 10.6 Å². The van der Waals surface area contributed by atoms with Crippen LogP contribution in [0, 0.1) is 11.8 Å². The van der Waals surface area contributed by atoms with Crippen LogP contribution in [0.15, 0.2) is 41.3 Å². The molecule has 1 fully saturated rings. The van der Waals surface area contributed by atoms with Crippen LogP contribution in [0.2, 0.25) is 5.15 Å². The van der Waals surface area contributed by atoms with E-state index in [-0.39, 0.29) is 17.7 Å². The van der Waals surface area contributed by atoms with E-state index in [0.717, 1.165) is 32.3 Å². The molecular weight excluding hydrogens is 510 g/mol. The molecule has 3 aromatic rings. The molecule has 8 nitrogen and oxygen atoms in total. The number of rotatable bonds is 4. The van der Waals surface area contributed by atoms with Crippen LogP contribution in [0.5, 0.6) is 0 Å². The van der Waals surface area contributed by atoms with Gasteiger partial charge in [-0.3, -0.25) is 14.6 Å². The van der Waals surface area contributed by atoms with Gasteiger partial charge in [-0.25, -0.2) is 9.97 Å². The lowest BCUT2D eigenvalue weighted by molar-refractivity contribution is -0.142. The molecule has 1 aliphatic rings. The largest absolute Gasteiger partial charge is 0.481 e. The van der Waals surface area contributed by atoms with Gasteiger partial charge in [0.05, 0.1) is 16.1 Å². The minimum atomic E-state index is -0.723. The Kier molecular flexibility index (Phi) is 8.20. The fourth-order valence-corrected chi connectivity index (χ4v) is 4.23. The summed E-state index contributed by atoms with van der Waals surface area (Å²) in [5, 5.41) is 11.6. The second-order valence-electron chi connectivity index (χ2n) is 8.04. The van der Waals surface area contributed by atoms with Crippen molar-refractivity contribution in [3.63, 3.8) is 0 Å². The standard InChI is InChI=1S/C19H16BrClN4O2.C4H9NO/c20-16-14-10-22-5-2-13(14)18(25-7-3-11(4-8-25)19(26)27)24-17(16)12-1-6-23-15(21)9-12;1-3(2)4(5)6/h1-2,5-6,9-11H,3-4,7-8H2,(H,26,27);3H,1-2H3,(H2,5,6). The van der Waals surface area contributed by atoms with Crippen molar-refractivity contribution in [1.82, 2.24) is 15.0 Å². The van der Waals surface area contributed by atoms with E-state index in [4.69, 9.17) is 22.3 Å². The molecule has 0 atom stereocenters. The first kappa shape index (κ1) is 24.9. The van der Waals surface area contributed by atoms with Gasteiger partial charge in [0, 0.05) is 53.9 Å². The zero-order chi connectivity index (χ0) is 24.1. The minimum Gasteiger partial charge on any atom is -0.481 e. The first-order valence-electron chi connectivity index (χ1n) is 10.5. The highest BCUT2D eigenvalue weighted by Gasteiger charge is 2.27. The van der Waals surface area contributed by atoms with Crippen molar-refractivity contribution in [2.45, 2.75) is 26.7 Å². The zero-order valence-electron chi connectivity index (χ0n) is 18.3. The summed E-state index contributed by atoms with van der Waals surface area (Å²) in [5.74, 6) is -0.426. The Morgan fingerprint density at radius 3 is 2.45 bits per heavy atom. The first-order valence-corrected chi connectivity index (χ1v) is 11.7. The van der Waals surface area contributed by atoms with Crippen molar-refractivity contribution in [1.29, 1.82) is 0 Å². The van der Waals surface area contributed by atoms with Gasteiger partial charge in [0.25, 0.3) is 0 Å². The van der Waals surface area contributed by atoms with Crippen LogP contribution in [0.25, 0.3) is 22.0 Å². The highest BCUT2D eigenvalue weighted by Crippen LogP contribution is 2.38. The average molecular weight is 535 g/mol. The number of fused-ring (bicyclic) bond motifs is 1. The number of piperidine rings is 1. The lowest BCUT2D eigenvalue weighted by Crippen LogP contribution is -2.37. The number of aromatic nitrogens is 3. The Hall–Kier alpha value is -2.78. The number of hydrogen-bond donors (Lipinski definition) is 2. The third-order valence-corrected chi connectivity index (χ3v) is 6.45. The molecule has 4 rings (SSSR count). The van der Waals surface area contributed by atoms with E-state index < -0.39 is 5.97 Å². The number of carboxylic acid groups (broad SMARTS) is 1. The molecule has 0 bridgehead atoms. The van der Waals surface area contributed by atoms with E-state index in [2.05, 4.69) is 30.8 Å². The summed E-state index contributed by atoms with van der Waals surface area (Å²) in [5.41, 5.74) is 6.41. The molecule has 0 spiro atoms. The van der Waals surface area contributed by atoms with Gasteiger partial charge >= 0.3 is 5.97 Å². The normalized spacial score (nSPS) is 14.2. The van der Waals surface area contributed by atoms with E-state index >= 15 is 0 Å². The predicted molar refractivity (Wildman–Crippen MR) is 132 cm³/mol. The predicted octanol–water partition coefficient (Wildman–Crippen LogP) is 4.54. The number of nitrogens with zero attached hydrogens (tertiary/aromatic N) is 4. The number of primary amides is 1. The molecule has 0 unspecified atom stereocenters. The molecule has 1 saturated heterocycles. The SMILES string of the molecule is CC(C)C(N)=O.O=C(O)C1CCN(c2nc(-c3ccnc(Cl)c3)c(Br)c3cnccc23)CC1. The Morgan fingerprint density at radius 2 is 1.88 bits per heavy atom. The number of carbonyl (C=O) groups is 2. The quantitative estimate of drug-likeness (QED) is 0.471. The van der Waals surface area contributed by atoms with E-state index in [9.17, 15) is 14.7 Å². The smallest absolute Gasteiger partial charge is 0.306 e. The van der Waals surface area contributed by atoms with Gasteiger partial charge in [-0.2, -0.15) is 0 Å². The van der Waals surface area contributed by atoms with E-state index in [1.807, 2.05) is 12.1 Å². The van der Waals surface area contributed by atoms with Crippen molar-refractivity contribution >= 4 is 56.0 Å². The molecule has 0 aliphatic carbocycles. The number of pyridine rings is 3. The molecule has 3 N–H and O–H groups in total. The molecule has 33 heavy (non-hydrogen) atoms. The number of halogens is 2. The third kappa shape index (κ3) is 5.97. The van der Waals surface area contributed by atoms with Crippen LogP contribution >= 0.6 is 27.5 Å². The van der Waals surface area contributed by atoms with Gasteiger partial charge in [-0.05, 0) is 47.0 Å². The highest BCUT2D eigenvalue weighted by atomic mass is 79.9. The van der Waals surface area contributed by atoms with Crippen molar-refractivity contribution in [3.8, 4) is 11.3 Å². The summed E-state index contributed by atoms with van der Waals surface area (Å²) in [6.07, 6.45) is 6.41. The zero-order valence-corrected chi connectivity index (χ0v) is 20.7. The molecular formula is C23H25BrClN5O3. The maximum Gasteiger partial charge on any atom is 0.306 e. The Balaban J connectivity index is 0.000000454. The molecule has 10 heteroatoms. The van der Waals surface area contributed by atoms with Crippen molar-refractivity contribution < 1.29 is 14.7 Å². The molecule has 1 amide bonds. The summed E-state index contributed by atoms with van der Waals surface area (Å²) in [7, 11) is 0. The molecule has 0 saturated carbocycles. The summed E-state index contributed by atoms with van der Waals surface area (Å²) >= 11 is 9.73. The average Bonchev–Trinajstić information content (AvgIpc) is 2.80. The Morgan fingerprint density at radius 1 is 1.21 bits per heavy atom. The fraction of sp³-hybridized carbons (Fsp3) is 0.348. The van der Waals surface area contributed by atoms with Gasteiger partial charge in [-0.15, -0.1) is 0 Å². The lowest BCUT2D eigenvalue weighted by atomic mass is 9.97. The van der Waals surface area contributed by atoms with Crippen LogP contribution in [-0.2, 0) is 9.59 Å². The monoisotopic (exact) mass is 533 g/mol. The summed E-state index contributed by atoms with van der Waals surface area (Å²) < 4.78 is 0.844. The topological polar surface area (TPSA) is 122 Å². The highest BCUT2D eigenvalue weighted by molar-refractivity contribution is 9.10. The Bertz CT molecular complexity index is 1170. The molecule has 0 aromatic carbocycles. The Labute approximate surface area is 205 Å². The molecule has 0 radical (unpaired) electrons. The van der Waals surface area contributed by atoms with Gasteiger partial charge in [0.1, 0.15) is 11.0 Å². The van der Waals surface area contributed by atoms with Crippen molar-refractivity contribution in [2.75, 3.05) is 18.0 Å². The van der Waals surface area contributed by atoms with Crippen LogP contribution in [-0.4, -0.2) is 45.0 Å². The number of hydrogen-bond acceptors (Lipinski definition) is 6. The van der Waals surface area contributed by atoms with E-state index in [1.54, 1.807) is 38.5 Å². The molecule has 4 heterocycles. The van der Waals surface area contributed by atoms with Crippen LogP contribution in [0.1, 0.15) is 26.7 Å². The number of nitrogens with two attached hydrogens (primary N) is 1.